The van der Waals surface area contributed by atoms with Gasteiger partial charge in [0.2, 0.25) is 0 Å². The van der Waals surface area contributed by atoms with Gasteiger partial charge in [0.1, 0.15) is 6.61 Å². The molecule has 0 bridgehead atoms. The summed E-state index contributed by atoms with van der Waals surface area (Å²) < 4.78 is 10.7. The van der Waals surface area contributed by atoms with Crippen molar-refractivity contribution in [2.24, 2.45) is 0 Å². The average molecular weight is 841 g/mol. The number of aliphatic hydroxyl groups excluding tert-OH is 1. The van der Waals surface area contributed by atoms with Gasteiger partial charge in [-0.2, -0.15) is 0 Å². The van der Waals surface area contributed by atoms with Crippen molar-refractivity contribution in [1.29, 1.82) is 0 Å². The van der Waals surface area contributed by atoms with E-state index >= 15 is 0 Å². The molecule has 350 valence electrons. The molecule has 0 fully saturated rings. The summed E-state index contributed by atoms with van der Waals surface area (Å²) in [5, 5.41) is 9.62. The first kappa shape index (κ1) is 57.9. The van der Waals surface area contributed by atoms with Crippen molar-refractivity contribution in [2.75, 3.05) is 13.2 Å². The van der Waals surface area contributed by atoms with Gasteiger partial charge in [-0.15, -0.1) is 0 Å². The summed E-state index contributed by atoms with van der Waals surface area (Å²) in [5.41, 5.74) is 0. The predicted octanol–water partition coefficient (Wildman–Crippen LogP) is 17.3. The van der Waals surface area contributed by atoms with E-state index in [9.17, 15) is 14.7 Å². The van der Waals surface area contributed by atoms with Crippen LogP contribution in [0.5, 0.6) is 0 Å². The lowest BCUT2D eigenvalue weighted by atomic mass is 10.0. The molecule has 0 rings (SSSR count). The van der Waals surface area contributed by atoms with Crippen LogP contribution in [0.15, 0.2) is 48.6 Å². The highest BCUT2D eigenvalue weighted by molar-refractivity contribution is 5.70. The van der Waals surface area contributed by atoms with Crippen molar-refractivity contribution in [2.45, 2.75) is 277 Å². The molecule has 0 radical (unpaired) electrons. The van der Waals surface area contributed by atoms with Gasteiger partial charge >= 0.3 is 11.9 Å². The Hall–Kier alpha value is -2.14. The normalized spacial score (nSPS) is 12.5. The standard InChI is InChI=1S/C55H100O5/c1-3-5-7-9-11-13-15-17-19-20-21-22-23-24-25-26-27-28-29-30-31-32-33-34-36-38-40-42-44-46-48-50-55(58)60-53(51-56)52-59-54(57)49-47-45-43-41-39-37-35-18-16-14-12-10-8-6-4-2/h5,7,11,13,17,19,21-22,53,56H,3-4,6,8-10,12,14-16,18,20,23-52H2,1-2H3/b7-5-,13-11-,19-17-,22-21-. The van der Waals surface area contributed by atoms with Crippen LogP contribution in [0, 0.1) is 0 Å². The van der Waals surface area contributed by atoms with E-state index in [4.69, 9.17) is 9.47 Å². The lowest BCUT2D eigenvalue weighted by Gasteiger charge is -2.15. The third kappa shape index (κ3) is 48.5. The monoisotopic (exact) mass is 841 g/mol. The van der Waals surface area contributed by atoms with Gasteiger partial charge in [0.05, 0.1) is 6.61 Å². The molecule has 1 atom stereocenters. The molecular weight excluding hydrogens is 741 g/mol. The SMILES string of the molecule is CC/C=C\C/C=C\C/C=C\C/C=C\CCCCCCCCCCCCCCCCCCCCC(=O)OC(CO)COC(=O)CCCCCCCCCCCCCCCCC. The number of carbonyl (C=O) groups is 2. The minimum atomic E-state index is -0.768. The van der Waals surface area contributed by atoms with Crippen molar-refractivity contribution in [1.82, 2.24) is 0 Å². The molecule has 0 amide bonds. The molecule has 0 aromatic heterocycles. The second kappa shape index (κ2) is 51.2. The van der Waals surface area contributed by atoms with Crippen molar-refractivity contribution in [3.05, 3.63) is 48.6 Å². The van der Waals surface area contributed by atoms with Crippen LogP contribution in [0.3, 0.4) is 0 Å². The summed E-state index contributed by atoms with van der Waals surface area (Å²) in [5.74, 6) is -0.576. The van der Waals surface area contributed by atoms with E-state index in [2.05, 4.69) is 62.5 Å². The van der Waals surface area contributed by atoms with E-state index in [-0.39, 0.29) is 25.2 Å². The predicted molar refractivity (Wildman–Crippen MR) is 261 cm³/mol. The van der Waals surface area contributed by atoms with Crippen LogP contribution in [0.25, 0.3) is 0 Å². The van der Waals surface area contributed by atoms with Gasteiger partial charge < -0.3 is 14.6 Å². The van der Waals surface area contributed by atoms with Crippen LogP contribution < -0.4 is 0 Å². The molecule has 60 heavy (non-hydrogen) atoms. The molecule has 0 aliphatic carbocycles. The molecule has 5 heteroatoms. The topological polar surface area (TPSA) is 72.8 Å². The first-order valence-corrected chi connectivity index (χ1v) is 26.2. The van der Waals surface area contributed by atoms with E-state index in [1.165, 1.54) is 180 Å². The molecule has 0 aliphatic rings. The van der Waals surface area contributed by atoms with E-state index in [0.29, 0.717) is 12.8 Å². The Morgan fingerprint density at radius 1 is 0.400 bits per heavy atom. The Bertz CT molecular complexity index is 997. The Morgan fingerprint density at radius 2 is 0.717 bits per heavy atom. The van der Waals surface area contributed by atoms with Gasteiger partial charge in [-0.25, -0.2) is 0 Å². The summed E-state index contributed by atoms with van der Waals surface area (Å²) in [6.07, 6.45) is 66.5. The highest BCUT2D eigenvalue weighted by Gasteiger charge is 2.16. The number of carbonyl (C=O) groups excluding carboxylic acids is 2. The van der Waals surface area contributed by atoms with Crippen LogP contribution in [0.4, 0.5) is 0 Å². The molecular formula is C55H100O5. The summed E-state index contributed by atoms with van der Waals surface area (Å²) in [4.78, 5) is 24.4. The van der Waals surface area contributed by atoms with Gasteiger partial charge in [-0.05, 0) is 51.4 Å². The molecule has 1 N–H and O–H groups in total. The van der Waals surface area contributed by atoms with Crippen molar-refractivity contribution < 1.29 is 24.2 Å². The number of allylic oxidation sites excluding steroid dienone is 8. The number of ether oxygens (including phenoxy) is 2. The number of unbranched alkanes of at least 4 members (excludes halogenated alkanes) is 32. The van der Waals surface area contributed by atoms with Crippen LogP contribution in [-0.4, -0.2) is 36.4 Å². The maximum absolute atomic E-state index is 12.3. The maximum Gasteiger partial charge on any atom is 0.306 e. The van der Waals surface area contributed by atoms with E-state index in [0.717, 1.165) is 64.2 Å². The van der Waals surface area contributed by atoms with Crippen LogP contribution in [0.2, 0.25) is 0 Å². The Balaban J connectivity index is 3.43. The fourth-order valence-corrected chi connectivity index (χ4v) is 7.73. The quantitative estimate of drug-likeness (QED) is 0.0375. The lowest BCUT2D eigenvalue weighted by Crippen LogP contribution is -2.28. The molecule has 1 unspecified atom stereocenters. The number of hydrogen-bond donors (Lipinski definition) is 1. The lowest BCUT2D eigenvalue weighted by molar-refractivity contribution is -0.161. The van der Waals surface area contributed by atoms with Gasteiger partial charge in [0.15, 0.2) is 6.10 Å². The summed E-state index contributed by atoms with van der Waals surface area (Å²) in [6.45, 7) is 4.06. The highest BCUT2D eigenvalue weighted by atomic mass is 16.6. The van der Waals surface area contributed by atoms with Gasteiger partial charge in [-0.1, -0.05) is 255 Å². The van der Waals surface area contributed by atoms with Gasteiger partial charge in [0.25, 0.3) is 0 Å². The third-order valence-electron chi connectivity index (χ3n) is 11.6. The number of hydrogen-bond acceptors (Lipinski definition) is 5. The molecule has 5 nitrogen and oxygen atoms in total. The largest absolute Gasteiger partial charge is 0.462 e. The smallest absolute Gasteiger partial charge is 0.306 e. The third-order valence-corrected chi connectivity index (χ3v) is 11.6. The Kier molecular flexibility index (Phi) is 49.4. The number of rotatable bonds is 48. The molecule has 0 aromatic carbocycles. The zero-order valence-corrected chi connectivity index (χ0v) is 40.0. The van der Waals surface area contributed by atoms with Gasteiger partial charge in [0, 0.05) is 12.8 Å². The van der Waals surface area contributed by atoms with E-state index in [1.807, 2.05) is 0 Å². The maximum atomic E-state index is 12.3. The fourth-order valence-electron chi connectivity index (χ4n) is 7.73. The van der Waals surface area contributed by atoms with E-state index in [1.54, 1.807) is 0 Å². The van der Waals surface area contributed by atoms with Gasteiger partial charge in [-0.3, -0.25) is 9.59 Å². The Labute approximate surface area is 373 Å². The molecule has 0 aliphatic heterocycles. The summed E-state index contributed by atoms with van der Waals surface area (Å²) >= 11 is 0. The molecule has 0 saturated carbocycles. The van der Waals surface area contributed by atoms with Crippen molar-refractivity contribution in [3.63, 3.8) is 0 Å². The minimum Gasteiger partial charge on any atom is -0.462 e. The first-order chi connectivity index (χ1) is 29.6. The zero-order valence-electron chi connectivity index (χ0n) is 40.0. The van der Waals surface area contributed by atoms with Crippen molar-refractivity contribution in [3.8, 4) is 0 Å². The molecule has 0 heterocycles. The first-order valence-electron chi connectivity index (χ1n) is 26.2. The van der Waals surface area contributed by atoms with E-state index < -0.39 is 6.10 Å². The average Bonchev–Trinajstić information content (AvgIpc) is 3.25. The van der Waals surface area contributed by atoms with Crippen molar-refractivity contribution >= 4 is 11.9 Å². The summed E-state index contributed by atoms with van der Waals surface area (Å²) in [6, 6.07) is 0. The molecule has 0 aromatic rings. The second-order valence-corrected chi connectivity index (χ2v) is 17.6. The second-order valence-electron chi connectivity index (χ2n) is 17.6. The molecule has 0 spiro atoms. The Morgan fingerprint density at radius 3 is 1.08 bits per heavy atom. The summed E-state index contributed by atoms with van der Waals surface area (Å²) in [7, 11) is 0. The minimum absolute atomic E-state index is 0.0607. The van der Waals surface area contributed by atoms with Crippen LogP contribution in [-0.2, 0) is 19.1 Å². The number of esters is 2. The number of aliphatic hydroxyl groups is 1. The molecule has 0 saturated heterocycles. The van der Waals surface area contributed by atoms with Crippen LogP contribution in [0.1, 0.15) is 271 Å². The highest BCUT2D eigenvalue weighted by Crippen LogP contribution is 2.17. The van der Waals surface area contributed by atoms with Crippen LogP contribution >= 0.6 is 0 Å². The zero-order chi connectivity index (χ0) is 43.5. The fraction of sp³-hybridized carbons (Fsp3) is 0.818.